The van der Waals surface area contributed by atoms with Crippen LogP contribution >= 0.6 is 0 Å². The summed E-state index contributed by atoms with van der Waals surface area (Å²) in [5.74, 6) is -0.212. The van der Waals surface area contributed by atoms with Crippen LogP contribution in [0.3, 0.4) is 0 Å². The molecule has 0 radical (unpaired) electrons. The van der Waals surface area contributed by atoms with Crippen LogP contribution in [0, 0.1) is 6.92 Å². The highest BCUT2D eigenvalue weighted by Gasteiger charge is 2.09. The lowest BCUT2D eigenvalue weighted by molar-refractivity contribution is -0.126. The minimum Gasteiger partial charge on any atom is -0.490 e. The van der Waals surface area contributed by atoms with Crippen LogP contribution in [-0.2, 0) is 9.59 Å². The van der Waals surface area contributed by atoms with Gasteiger partial charge in [0.15, 0.2) is 0 Å². The van der Waals surface area contributed by atoms with Crippen molar-refractivity contribution in [1.82, 2.24) is 5.43 Å². The number of rotatable bonds is 7. The third kappa shape index (κ3) is 6.39. The van der Waals surface area contributed by atoms with Gasteiger partial charge < -0.3 is 10.1 Å². The Bertz CT molecular complexity index is 783. The smallest absolute Gasteiger partial charge is 0.249 e. The molecule has 0 aliphatic carbocycles. The van der Waals surface area contributed by atoms with Gasteiger partial charge >= 0.3 is 0 Å². The van der Waals surface area contributed by atoms with Crippen molar-refractivity contribution >= 4 is 23.7 Å². The number of para-hydroxylation sites is 1. The normalized spacial score (nSPS) is 10.8. The first-order chi connectivity index (χ1) is 12.4. The van der Waals surface area contributed by atoms with Crippen molar-refractivity contribution in [2.45, 2.75) is 33.3 Å². The van der Waals surface area contributed by atoms with Crippen LogP contribution in [0.5, 0.6) is 5.75 Å². The van der Waals surface area contributed by atoms with Gasteiger partial charge in [0.05, 0.1) is 12.3 Å². The summed E-state index contributed by atoms with van der Waals surface area (Å²) >= 11 is 0. The average molecular weight is 353 g/mol. The van der Waals surface area contributed by atoms with E-state index in [4.69, 9.17) is 4.74 Å². The van der Waals surface area contributed by atoms with E-state index in [9.17, 15) is 9.59 Å². The van der Waals surface area contributed by atoms with E-state index >= 15 is 0 Å². The lowest BCUT2D eigenvalue weighted by Gasteiger charge is -2.11. The molecule has 6 nitrogen and oxygen atoms in total. The molecule has 0 bridgehead atoms. The summed E-state index contributed by atoms with van der Waals surface area (Å²) in [5, 5.41) is 6.56. The molecule has 0 aromatic heterocycles. The van der Waals surface area contributed by atoms with Crippen LogP contribution < -0.4 is 15.5 Å². The van der Waals surface area contributed by atoms with Gasteiger partial charge in [-0.25, -0.2) is 5.43 Å². The minimum atomic E-state index is -0.492. The molecule has 0 saturated carbocycles. The van der Waals surface area contributed by atoms with E-state index < -0.39 is 11.8 Å². The Kier molecular flexibility index (Phi) is 6.91. The van der Waals surface area contributed by atoms with E-state index in [-0.39, 0.29) is 12.5 Å². The van der Waals surface area contributed by atoms with Crippen molar-refractivity contribution in [3.8, 4) is 5.75 Å². The number of carbonyl (C=O) groups is 2. The van der Waals surface area contributed by atoms with Crippen LogP contribution in [0.1, 0.15) is 31.4 Å². The zero-order chi connectivity index (χ0) is 18.9. The molecule has 2 aromatic rings. The first kappa shape index (κ1) is 19.2. The SMILES string of the molecule is Cc1ccc(NC(=O)CC(=O)NN=Cc2ccccc2OC(C)C)cc1. The van der Waals surface area contributed by atoms with Crippen molar-refractivity contribution in [2.24, 2.45) is 5.10 Å². The molecule has 136 valence electrons. The maximum Gasteiger partial charge on any atom is 0.249 e. The van der Waals surface area contributed by atoms with Crippen molar-refractivity contribution in [2.75, 3.05) is 5.32 Å². The van der Waals surface area contributed by atoms with Crippen molar-refractivity contribution in [1.29, 1.82) is 0 Å². The van der Waals surface area contributed by atoms with Gasteiger partial charge in [0.25, 0.3) is 0 Å². The summed E-state index contributed by atoms with van der Waals surface area (Å²) in [6.07, 6.45) is 1.22. The van der Waals surface area contributed by atoms with Crippen LogP contribution in [0.15, 0.2) is 53.6 Å². The number of amides is 2. The number of hydrazone groups is 1. The van der Waals surface area contributed by atoms with E-state index in [1.54, 1.807) is 12.1 Å². The molecular formula is C20H23N3O3. The number of aryl methyl sites for hydroxylation is 1. The maximum atomic E-state index is 11.9. The molecule has 0 fully saturated rings. The number of hydrogen-bond acceptors (Lipinski definition) is 4. The van der Waals surface area contributed by atoms with Gasteiger partial charge in [-0.15, -0.1) is 0 Å². The Morgan fingerprint density at radius 2 is 1.77 bits per heavy atom. The lowest BCUT2D eigenvalue weighted by Crippen LogP contribution is -2.24. The molecule has 26 heavy (non-hydrogen) atoms. The standard InChI is InChI=1S/C20H23N3O3/c1-14(2)26-18-7-5-4-6-16(18)13-21-23-20(25)12-19(24)22-17-10-8-15(3)9-11-17/h4-11,13-14H,12H2,1-3H3,(H,22,24)(H,23,25). The Labute approximate surface area is 153 Å². The molecule has 6 heteroatoms. The molecule has 0 unspecified atom stereocenters. The highest BCUT2D eigenvalue weighted by molar-refractivity contribution is 6.03. The number of ether oxygens (including phenoxy) is 1. The van der Waals surface area contributed by atoms with E-state index in [1.807, 2.05) is 57.2 Å². The summed E-state index contributed by atoms with van der Waals surface area (Å²) in [7, 11) is 0. The molecule has 0 saturated heterocycles. The largest absolute Gasteiger partial charge is 0.490 e. The Morgan fingerprint density at radius 3 is 2.46 bits per heavy atom. The van der Waals surface area contributed by atoms with Crippen LogP contribution in [0.25, 0.3) is 0 Å². The molecule has 2 rings (SSSR count). The van der Waals surface area contributed by atoms with E-state index in [0.29, 0.717) is 11.4 Å². The molecule has 0 atom stereocenters. The maximum absolute atomic E-state index is 11.9. The number of benzene rings is 2. The van der Waals surface area contributed by atoms with Crippen LogP contribution in [0.2, 0.25) is 0 Å². The second-order valence-electron chi connectivity index (χ2n) is 6.09. The fourth-order valence-electron chi connectivity index (χ4n) is 2.15. The van der Waals surface area contributed by atoms with Crippen molar-refractivity contribution < 1.29 is 14.3 Å². The third-order valence-corrected chi connectivity index (χ3v) is 3.33. The topological polar surface area (TPSA) is 79.8 Å². The van der Waals surface area contributed by atoms with Gasteiger partial charge in [0.1, 0.15) is 12.2 Å². The summed E-state index contributed by atoms with van der Waals surface area (Å²) in [5.41, 5.74) is 4.84. The Balaban J connectivity index is 1.85. The second kappa shape index (κ2) is 9.36. The molecule has 0 spiro atoms. The predicted molar refractivity (Wildman–Crippen MR) is 102 cm³/mol. The van der Waals surface area contributed by atoms with E-state index in [2.05, 4.69) is 15.8 Å². The Morgan fingerprint density at radius 1 is 1.08 bits per heavy atom. The van der Waals surface area contributed by atoms with Crippen molar-refractivity contribution in [3.05, 3.63) is 59.7 Å². The lowest BCUT2D eigenvalue weighted by atomic mass is 10.2. The van der Waals surface area contributed by atoms with E-state index in [0.717, 1.165) is 11.1 Å². The fraction of sp³-hybridized carbons (Fsp3) is 0.250. The van der Waals surface area contributed by atoms with Gasteiger partial charge in [-0.1, -0.05) is 29.8 Å². The highest BCUT2D eigenvalue weighted by Crippen LogP contribution is 2.17. The fourth-order valence-corrected chi connectivity index (χ4v) is 2.15. The Hall–Kier alpha value is -3.15. The quantitative estimate of drug-likeness (QED) is 0.455. The van der Waals surface area contributed by atoms with Crippen molar-refractivity contribution in [3.63, 3.8) is 0 Å². The first-order valence-corrected chi connectivity index (χ1v) is 8.38. The van der Waals surface area contributed by atoms with E-state index in [1.165, 1.54) is 6.21 Å². The van der Waals surface area contributed by atoms with Gasteiger partial charge in [-0.3, -0.25) is 9.59 Å². The van der Waals surface area contributed by atoms with Gasteiger partial charge in [-0.05, 0) is 45.0 Å². The third-order valence-electron chi connectivity index (χ3n) is 3.33. The average Bonchev–Trinajstić information content (AvgIpc) is 2.58. The number of carbonyl (C=O) groups excluding carboxylic acids is 2. The molecule has 2 N–H and O–H groups in total. The molecular weight excluding hydrogens is 330 g/mol. The number of anilines is 1. The molecule has 0 aliphatic rings. The molecule has 2 amide bonds. The van der Waals surface area contributed by atoms with Gasteiger partial charge in [-0.2, -0.15) is 5.10 Å². The van der Waals surface area contributed by atoms with Gasteiger partial charge in [0, 0.05) is 11.3 Å². The minimum absolute atomic E-state index is 0.0320. The summed E-state index contributed by atoms with van der Waals surface area (Å²) < 4.78 is 5.67. The zero-order valence-corrected chi connectivity index (χ0v) is 15.2. The monoisotopic (exact) mass is 353 g/mol. The second-order valence-corrected chi connectivity index (χ2v) is 6.09. The number of hydrogen-bond donors (Lipinski definition) is 2. The number of nitrogens with one attached hydrogen (secondary N) is 2. The van der Waals surface area contributed by atoms with Crippen LogP contribution in [0.4, 0.5) is 5.69 Å². The predicted octanol–water partition coefficient (Wildman–Crippen LogP) is 3.26. The van der Waals surface area contributed by atoms with Gasteiger partial charge in [0.2, 0.25) is 11.8 Å². The summed E-state index contributed by atoms with van der Waals surface area (Å²) in [6.45, 7) is 5.83. The zero-order valence-electron chi connectivity index (χ0n) is 15.2. The molecule has 0 aliphatic heterocycles. The summed E-state index contributed by atoms with van der Waals surface area (Å²) in [6, 6.07) is 14.7. The summed E-state index contributed by atoms with van der Waals surface area (Å²) in [4.78, 5) is 23.7. The highest BCUT2D eigenvalue weighted by atomic mass is 16.5. The number of nitrogens with zero attached hydrogens (tertiary/aromatic N) is 1. The molecule has 0 heterocycles. The van der Waals surface area contributed by atoms with Crippen LogP contribution in [-0.4, -0.2) is 24.1 Å². The first-order valence-electron chi connectivity index (χ1n) is 8.38. The molecule has 2 aromatic carbocycles.